The Labute approximate surface area is 197 Å². The van der Waals surface area contributed by atoms with E-state index in [1.807, 2.05) is 55.7 Å². The van der Waals surface area contributed by atoms with E-state index in [4.69, 9.17) is 9.47 Å². The van der Waals surface area contributed by atoms with Crippen LogP contribution in [-0.2, 0) is 16.1 Å². The highest BCUT2D eigenvalue weighted by atomic mass is 16.5. The number of piperidine rings is 2. The zero-order valence-electron chi connectivity index (χ0n) is 19.8. The van der Waals surface area contributed by atoms with Crippen LogP contribution in [0.2, 0.25) is 0 Å². The molecule has 1 aromatic heterocycles. The number of carbonyl (C=O) groups excluding carboxylic acids is 1. The second kappa shape index (κ2) is 11.6. The minimum absolute atomic E-state index is 0.0552. The lowest BCUT2D eigenvalue weighted by molar-refractivity contribution is -0.161. The molecule has 6 heteroatoms. The molecule has 6 nitrogen and oxygen atoms in total. The molecule has 0 aliphatic carbocycles. The number of para-hydroxylation sites is 1. The van der Waals surface area contributed by atoms with Gasteiger partial charge in [0.2, 0.25) is 0 Å². The molecule has 2 saturated heterocycles. The molecule has 2 aliphatic heterocycles. The number of hydrogen-bond acceptors (Lipinski definition) is 6. The molecule has 2 fully saturated rings. The van der Waals surface area contributed by atoms with Crippen LogP contribution in [0.5, 0.6) is 5.75 Å². The number of hydrogen-bond donors (Lipinski definition) is 0. The van der Waals surface area contributed by atoms with E-state index in [2.05, 4.69) is 20.9 Å². The second-order valence-corrected chi connectivity index (χ2v) is 9.35. The minimum Gasteiger partial charge on any atom is -0.494 e. The maximum atomic E-state index is 13.1. The Morgan fingerprint density at radius 3 is 2.67 bits per heavy atom. The predicted octanol–water partition coefficient (Wildman–Crippen LogP) is 4.16. The van der Waals surface area contributed by atoms with Gasteiger partial charge >= 0.3 is 5.97 Å². The molecule has 178 valence electrons. The van der Waals surface area contributed by atoms with Gasteiger partial charge in [0.05, 0.1) is 18.6 Å². The lowest BCUT2D eigenvalue weighted by atomic mass is 9.76. The van der Waals surface area contributed by atoms with Gasteiger partial charge in [-0.05, 0) is 82.4 Å². The molecule has 3 heterocycles. The third-order valence-electron chi connectivity index (χ3n) is 7.11. The van der Waals surface area contributed by atoms with Crippen molar-refractivity contribution in [3.8, 4) is 5.75 Å². The van der Waals surface area contributed by atoms with Crippen molar-refractivity contribution in [2.75, 3.05) is 39.4 Å². The van der Waals surface area contributed by atoms with Crippen LogP contribution in [0.3, 0.4) is 0 Å². The second-order valence-electron chi connectivity index (χ2n) is 9.35. The smallest absolute Gasteiger partial charge is 0.313 e. The fourth-order valence-electron chi connectivity index (χ4n) is 5.31. The molecular formula is C27H37N3O3. The maximum absolute atomic E-state index is 13.1. The maximum Gasteiger partial charge on any atom is 0.313 e. The molecule has 2 aliphatic rings. The summed E-state index contributed by atoms with van der Waals surface area (Å²) in [4.78, 5) is 22.4. The zero-order chi connectivity index (χ0) is 22.9. The number of benzene rings is 1. The molecule has 33 heavy (non-hydrogen) atoms. The van der Waals surface area contributed by atoms with Crippen LogP contribution in [0.1, 0.15) is 44.6 Å². The van der Waals surface area contributed by atoms with E-state index in [1.54, 1.807) is 0 Å². The van der Waals surface area contributed by atoms with E-state index in [-0.39, 0.29) is 5.97 Å². The molecule has 0 N–H and O–H groups in total. The lowest BCUT2D eigenvalue weighted by Crippen LogP contribution is -2.54. The van der Waals surface area contributed by atoms with Crippen LogP contribution in [0.15, 0.2) is 54.9 Å². The minimum atomic E-state index is -0.476. The van der Waals surface area contributed by atoms with E-state index < -0.39 is 5.41 Å². The molecular weight excluding hydrogens is 414 g/mol. The van der Waals surface area contributed by atoms with Crippen molar-refractivity contribution in [2.45, 2.75) is 51.6 Å². The highest BCUT2D eigenvalue weighted by Crippen LogP contribution is 2.37. The summed E-state index contributed by atoms with van der Waals surface area (Å²) < 4.78 is 11.5. The van der Waals surface area contributed by atoms with Crippen molar-refractivity contribution >= 4 is 5.97 Å². The SMILES string of the molecule is CCOC(=O)[C@]1(CCOc2ccccc2)CCCN(C2CCN(Cc3cccnc3)CC2)C1. The van der Waals surface area contributed by atoms with Crippen LogP contribution in [-0.4, -0.2) is 66.2 Å². The summed E-state index contributed by atoms with van der Waals surface area (Å²) in [6.45, 7) is 7.81. The number of rotatable bonds is 9. The Bertz CT molecular complexity index is 855. The summed E-state index contributed by atoms with van der Waals surface area (Å²) in [5.74, 6) is 0.797. The standard InChI is InChI=1S/C27H37N3O3/c1-2-32-26(31)27(14-19-33-25-9-4-3-5-10-25)13-7-16-30(22-27)24-11-17-29(18-12-24)21-23-8-6-15-28-20-23/h3-6,8-10,15,20,24H,2,7,11-14,16-19,21-22H2,1H3/t27-/m0/s1. The van der Waals surface area contributed by atoms with E-state index >= 15 is 0 Å². The number of ether oxygens (including phenoxy) is 2. The first-order valence-corrected chi connectivity index (χ1v) is 12.4. The Kier molecular flexibility index (Phi) is 8.35. The number of pyridine rings is 1. The first-order valence-electron chi connectivity index (χ1n) is 12.4. The molecule has 0 spiro atoms. The van der Waals surface area contributed by atoms with Gasteiger partial charge in [-0.15, -0.1) is 0 Å². The van der Waals surface area contributed by atoms with E-state index in [9.17, 15) is 4.79 Å². The Hall–Kier alpha value is -2.44. The Morgan fingerprint density at radius 2 is 1.94 bits per heavy atom. The van der Waals surface area contributed by atoms with Crippen molar-refractivity contribution in [1.29, 1.82) is 0 Å². The van der Waals surface area contributed by atoms with Gasteiger partial charge in [0.1, 0.15) is 5.75 Å². The first kappa shape index (κ1) is 23.7. The van der Waals surface area contributed by atoms with E-state index in [0.717, 1.165) is 64.2 Å². The first-order chi connectivity index (χ1) is 16.2. The molecule has 1 aromatic carbocycles. The number of esters is 1. The van der Waals surface area contributed by atoms with Crippen molar-refractivity contribution in [1.82, 2.24) is 14.8 Å². The van der Waals surface area contributed by atoms with Crippen molar-refractivity contribution in [3.05, 3.63) is 60.4 Å². The monoisotopic (exact) mass is 451 g/mol. The van der Waals surface area contributed by atoms with Gasteiger partial charge in [0.15, 0.2) is 0 Å². The van der Waals surface area contributed by atoms with E-state index in [0.29, 0.717) is 25.7 Å². The molecule has 2 aromatic rings. The largest absolute Gasteiger partial charge is 0.494 e. The fraction of sp³-hybridized carbons (Fsp3) is 0.556. The van der Waals surface area contributed by atoms with Crippen LogP contribution in [0, 0.1) is 5.41 Å². The van der Waals surface area contributed by atoms with Gasteiger partial charge in [0.25, 0.3) is 0 Å². The number of aromatic nitrogens is 1. The summed E-state index contributed by atoms with van der Waals surface area (Å²) >= 11 is 0. The van der Waals surface area contributed by atoms with E-state index in [1.165, 1.54) is 5.56 Å². The normalized spacial score (nSPS) is 22.7. The average molecular weight is 452 g/mol. The van der Waals surface area contributed by atoms with Crippen LogP contribution in [0.25, 0.3) is 0 Å². The number of nitrogens with zero attached hydrogens (tertiary/aromatic N) is 3. The molecule has 0 bridgehead atoms. The topological polar surface area (TPSA) is 54.9 Å². The van der Waals surface area contributed by atoms with Crippen molar-refractivity contribution in [3.63, 3.8) is 0 Å². The van der Waals surface area contributed by atoms with Gasteiger partial charge < -0.3 is 9.47 Å². The molecule has 1 atom stereocenters. The molecule has 0 radical (unpaired) electrons. The highest BCUT2D eigenvalue weighted by molar-refractivity contribution is 5.77. The lowest BCUT2D eigenvalue weighted by Gasteiger charge is -2.46. The quantitative estimate of drug-likeness (QED) is 0.534. The van der Waals surface area contributed by atoms with Crippen LogP contribution >= 0.6 is 0 Å². The van der Waals surface area contributed by atoms with Gasteiger partial charge in [-0.1, -0.05) is 24.3 Å². The number of likely N-dealkylation sites (tertiary alicyclic amines) is 2. The zero-order valence-corrected chi connectivity index (χ0v) is 19.8. The molecule has 0 amide bonds. The summed E-state index contributed by atoms with van der Waals surface area (Å²) in [5.41, 5.74) is 0.796. The fourth-order valence-corrected chi connectivity index (χ4v) is 5.31. The molecule has 0 saturated carbocycles. The van der Waals surface area contributed by atoms with Crippen LogP contribution < -0.4 is 4.74 Å². The molecule has 0 unspecified atom stereocenters. The predicted molar refractivity (Wildman–Crippen MR) is 129 cm³/mol. The van der Waals surface area contributed by atoms with Crippen LogP contribution in [0.4, 0.5) is 0 Å². The average Bonchev–Trinajstić information content (AvgIpc) is 2.86. The van der Waals surface area contributed by atoms with Gasteiger partial charge in [-0.3, -0.25) is 19.6 Å². The van der Waals surface area contributed by atoms with Crippen molar-refractivity contribution < 1.29 is 14.3 Å². The third kappa shape index (κ3) is 6.33. The van der Waals surface area contributed by atoms with Crippen molar-refractivity contribution in [2.24, 2.45) is 5.41 Å². The summed E-state index contributed by atoms with van der Waals surface area (Å²) in [6.07, 6.45) is 8.66. The molecule has 4 rings (SSSR count). The van der Waals surface area contributed by atoms with Gasteiger partial charge in [-0.2, -0.15) is 0 Å². The number of carbonyl (C=O) groups is 1. The summed E-state index contributed by atoms with van der Waals surface area (Å²) in [7, 11) is 0. The Morgan fingerprint density at radius 1 is 1.12 bits per heavy atom. The highest BCUT2D eigenvalue weighted by Gasteiger charge is 2.45. The van der Waals surface area contributed by atoms with Gasteiger partial charge in [-0.25, -0.2) is 0 Å². The third-order valence-corrected chi connectivity index (χ3v) is 7.11. The Balaban J connectivity index is 1.34. The summed E-state index contributed by atoms with van der Waals surface area (Å²) in [6, 6.07) is 14.5. The van der Waals surface area contributed by atoms with Gasteiger partial charge in [0, 0.05) is 31.5 Å². The summed E-state index contributed by atoms with van der Waals surface area (Å²) in [5, 5.41) is 0.